The van der Waals surface area contributed by atoms with Crippen LogP contribution in [-0.2, 0) is 7.05 Å². The first-order valence-corrected chi connectivity index (χ1v) is 3.57. The Labute approximate surface area is 65.5 Å². The number of aromatic amines is 1. The largest absolute Gasteiger partial charge is 0.502 e. The summed E-state index contributed by atoms with van der Waals surface area (Å²) in [5, 5.41) is 11.2. The van der Waals surface area contributed by atoms with E-state index < -0.39 is 5.56 Å². The van der Waals surface area contributed by atoms with Gasteiger partial charge in [-0.25, -0.2) is 0 Å². The molecule has 4 nitrogen and oxygen atoms in total. The van der Waals surface area contributed by atoms with Crippen LogP contribution in [0.1, 0.15) is 19.5 Å². The maximum atomic E-state index is 10.5. The van der Waals surface area contributed by atoms with Gasteiger partial charge in [0, 0.05) is 7.05 Å². The topological polar surface area (TPSA) is 58.0 Å². The third-order valence-corrected chi connectivity index (χ3v) is 1.33. The average molecular weight is 158 g/mol. The molecule has 0 bridgehead atoms. The third-order valence-electron chi connectivity index (χ3n) is 1.33. The molecule has 1 aromatic rings. The van der Waals surface area contributed by atoms with Crippen LogP contribution in [0.4, 0.5) is 0 Å². The molecule has 0 saturated heterocycles. The van der Waals surface area contributed by atoms with E-state index in [9.17, 15) is 4.79 Å². The van der Waals surface area contributed by atoms with E-state index in [0.717, 1.165) is 0 Å². The highest BCUT2D eigenvalue weighted by Gasteiger charge is 2.03. The minimum absolute atomic E-state index is 0.197. The molecule has 0 fully saturated rings. The molecule has 11 heavy (non-hydrogen) atoms. The summed E-state index contributed by atoms with van der Waals surface area (Å²) in [5.41, 5.74) is 0.120. The molecule has 4 heteroatoms. The van der Waals surface area contributed by atoms with Gasteiger partial charge in [0.05, 0.1) is 5.69 Å². The van der Waals surface area contributed by atoms with E-state index in [1.54, 1.807) is 14.0 Å². The van der Waals surface area contributed by atoms with E-state index in [1.165, 1.54) is 4.68 Å². The fourth-order valence-electron chi connectivity index (χ4n) is 0.612. The minimum atomic E-state index is -0.435. The van der Waals surface area contributed by atoms with E-state index in [0.29, 0.717) is 5.69 Å². The zero-order valence-electron chi connectivity index (χ0n) is 7.30. The second-order valence-electron chi connectivity index (χ2n) is 1.93. The van der Waals surface area contributed by atoms with Crippen molar-refractivity contribution in [3.8, 4) is 5.75 Å². The molecule has 0 aromatic carbocycles. The lowest BCUT2D eigenvalue weighted by molar-refractivity contribution is 0.465. The van der Waals surface area contributed by atoms with Gasteiger partial charge in [0.15, 0.2) is 0 Å². The molecule has 0 aliphatic rings. The normalized spacial score (nSPS) is 8.73. The number of aromatic nitrogens is 2. The van der Waals surface area contributed by atoms with E-state index in [-0.39, 0.29) is 5.75 Å². The molecule has 64 valence electrons. The highest BCUT2D eigenvalue weighted by molar-refractivity contribution is 5.20. The Balaban J connectivity index is 0.000000461. The maximum absolute atomic E-state index is 10.5. The van der Waals surface area contributed by atoms with Gasteiger partial charge >= 0.3 is 5.56 Å². The highest BCUT2D eigenvalue weighted by Crippen LogP contribution is 2.04. The van der Waals surface area contributed by atoms with Gasteiger partial charge < -0.3 is 5.11 Å². The van der Waals surface area contributed by atoms with Crippen molar-refractivity contribution in [1.29, 1.82) is 0 Å². The van der Waals surface area contributed by atoms with Crippen LogP contribution < -0.4 is 5.56 Å². The molecule has 0 atom stereocenters. The Morgan fingerprint density at radius 1 is 1.45 bits per heavy atom. The molecular weight excluding hydrogens is 144 g/mol. The van der Waals surface area contributed by atoms with Crippen molar-refractivity contribution in [2.75, 3.05) is 0 Å². The summed E-state index contributed by atoms with van der Waals surface area (Å²) < 4.78 is 1.47. The Hall–Kier alpha value is -1.19. The Morgan fingerprint density at radius 3 is 2.00 bits per heavy atom. The van der Waals surface area contributed by atoms with E-state index in [1.807, 2.05) is 13.8 Å². The Bertz CT molecular complexity index is 272. The van der Waals surface area contributed by atoms with Crippen LogP contribution in [-0.4, -0.2) is 14.9 Å². The lowest BCUT2D eigenvalue weighted by atomic mass is 10.4. The van der Waals surface area contributed by atoms with Crippen LogP contribution >= 0.6 is 0 Å². The number of nitrogens with zero attached hydrogens (tertiary/aromatic N) is 1. The van der Waals surface area contributed by atoms with Gasteiger partial charge in [-0.3, -0.25) is 14.6 Å². The zero-order valence-corrected chi connectivity index (χ0v) is 7.30. The monoisotopic (exact) mass is 158 g/mol. The quantitative estimate of drug-likeness (QED) is 0.585. The fourth-order valence-corrected chi connectivity index (χ4v) is 0.612. The van der Waals surface area contributed by atoms with E-state index in [2.05, 4.69) is 5.10 Å². The predicted octanol–water partition coefficient (Wildman–Crippen LogP) is 0.754. The SMILES string of the molecule is CC.Cc1c(O)c(=O)[nH]n1C. The highest BCUT2D eigenvalue weighted by atomic mass is 16.3. The summed E-state index contributed by atoms with van der Waals surface area (Å²) in [4.78, 5) is 10.5. The van der Waals surface area contributed by atoms with Crippen LogP contribution in [0.3, 0.4) is 0 Å². The molecule has 0 unspecified atom stereocenters. The summed E-state index contributed by atoms with van der Waals surface area (Å²) in [6.45, 7) is 5.66. The van der Waals surface area contributed by atoms with Crippen LogP contribution in [0.15, 0.2) is 4.79 Å². The van der Waals surface area contributed by atoms with Crippen molar-refractivity contribution in [3.05, 3.63) is 16.0 Å². The van der Waals surface area contributed by atoms with Gasteiger partial charge in [0.25, 0.3) is 0 Å². The summed E-state index contributed by atoms with van der Waals surface area (Å²) >= 11 is 0. The van der Waals surface area contributed by atoms with Crippen molar-refractivity contribution >= 4 is 0 Å². The molecule has 0 aliphatic carbocycles. The van der Waals surface area contributed by atoms with Gasteiger partial charge in [0.1, 0.15) is 0 Å². The number of aromatic hydroxyl groups is 1. The van der Waals surface area contributed by atoms with Crippen molar-refractivity contribution in [2.24, 2.45) is 7.05 Å². The number of hydrogen-bond acceptors (Lipinski definition) is 2. The van der Waals surface area contributed by atoms with Crippen LogP contribution in [0, 0.1) is 6.92 Å². The number of nitrogens with one attached hydrogen (secondary N) is 1. The number of aryl methyl sites for hydroxylation is 1. The fraction of sp³-hybridized carbons (Fsp3) is 0.571. The first kappa shape index (κ1) is 9.81. The molecule has 2 N–H and O–H groups in total. The van der Waals surface area contributed by atoms with Crippen molar-refractivity contribution in [3.63, 3.8) is 0 Å². The van der Waals surface area contributed by atoms with Gasteiger partial charge in [0.2, 0.25) is 5.75 Å². The first-order valence-electron chi connectivity index (χ1n) is 3.57. The van der Waals surface area contributed by atoms with Gasteiger partial charge in [-0.1, -0.05) is 13.8 Å². The molecule has 0 amide bonds. The Morgan fingerprint density at radius 2 is 1.91 bits per heavy atom. The number of rotatable bonds is 0. The maximum Gasteiger partial charge on any atom is 0.306 e. The summed E-state index contributed by atoms with van der Waals surface area (Å²) in [6.07, 6.45) is 0. The molecule has 0 saturated carbocycles. The van der Waals surface area contributed by atoms with Crippen LogP contribution in [0.5, 0.6) is 5.75 Å². The molecule has 1 rings (SSSR count). The second kappa shape index (κ2) is 3.85. The van der Waals surface area contributed by atoms with Crippen molar-refractivity contribution < 1.29 is 5.11 Å². The summed E-state index contributed by atoms with van der Waals surface area (Å²) in [5.74, 6) is -0.197. The molecule has 0 radical (unpaired) electrons. The molecule has 1 aromatic heterocycles. The zero-order chi connectivity index (χ0) is 9.02. The molecule has 0 spiro atoms. The smallest absolute Gasteiger partial charge is 0.306 e. The molecule has 1 heterocycles. The lowest BCUT2D eigenvalue weighted by Gasteiger charge is -1.90. The van der Waals surface area contributed by atoms with Crippen LogP contribution in [0.2, 0.25) is 0 Å². The second-order valence-corrected chi connectivity index (χ2v) is 1.93. The average Bonchev–Trinajstić information content (AvgIpc) is 2.22. The number of H-pyrrole nitrogens is 1. The Kier molecular flexibility index (Phi) is 3.44. The van der Waals surface area contributed by atoms with E-state index in [4.69, 9.17) is 5.11 Å². The van der Waals surface area contributed by atoms with Crippen molar-refractivity contribution in [2.45, 2.75) is 20.8 Å². The van der Waals surface area contributed by atoms with E-state index >= 15 is 0 Å². The third kappa shape index (κ3) is 1.86. The standard InChI is InChI=1S/C5H8N2O2.C2H6/c1-3-4(8)5(9)6-7(3)2;1-2/h8H,1-2H3,(H,6,9);1-2H3. The minimum Gasteiger partial charge on any atom is -0.502 e. The summed E-state index contributed by atoms with van der Waals surface area (Å²) in [7, 11) is 1.66. The lowest BCUT2D eigenvalue weighted by Crippen LogP contribution is -2.01. The van der Waals surface area contributed by atoms with Crippen molar-refractivity contribution in [1.82, 2.24) is 9.78 Å². The predicted molar refractivity (Wildman–Crippen MR) is 43.8 cm³/mol. The van der Waals surface area contributed by atoms with Gasteiger partial charge in [-0.05, 0) is 6.92 Å². The first-order chi connectivity index (χ1) is 5.13. The summed E-state index contributed by atoms with van der Waals surface area (Å²) in [6, 6.07) is 0. The molecular formula is C7H14N2O2. The number of hydrogen-bond donors (Lipinski definition) is 2. The van der Waals surface area contributed by atoms with Crippen LogP contribution in [0.25, 0.3) is 0 Å². The molecule has 0 aliphatic heterocycles. The van der Waals surface area contributed by atoms with Gasteiger partial charge in [-0.2, -0.15) is 0 Å². The van der Waals surface area contributed by atoms with Gasteiger partial charge in [-0.15, -0.1) is 0 Å².